The summed E-state index contributed by atoms with van der Waals surface area (Å²) in [4.78, 5) is 23.9. The molecule has 144 valence electrons. The quantitative estimate of drug-likeness (QED) is 0.739. The highest BCUT2D eigenvalue weighted by atomic mass is 19.1. The van der Waals surface area contributed by atoms with Gasteiger partial charge in [-0.05, 0) is 48.2 Å². The van der Waals surface area contributed by atoms with Crippen molar-refractivity contribution >= 4 is 11.9 Å². The second kappa shape index (κ2) is 9.12. The highest BCUT2D eigenvalue weighted by molar-refractivity contribution is 5.85. The number of aliphatic carboxylic acids is 1. The van der Waals surface area contributed by atoms with Gasteiger partial charge in [-0.2, -0.15) is 0 Å². The van der Waals surface area contributed by atoms with Crippen LogP contribution in [0.25, 0.3) is 0 Å². The molecule has 0 bridgehead atoms. The molecule has 0 saturated heterocycles. The maximum absolute atomic E-state index is 13.9. The lowest BCUT2D eigenvalue weighted by Crippen LogP contribution is -2.37. The van der Waals surface area contributed by atoms with Crippen molar-refractivity contribution < 1.29 is 28.2 Å². The molecule has 5 nitrogen and oxygen atoms in total. The van der Waals surface area contributed by atoms with Crippen molar-refractivity contribution in [2.45, 2.75) is 25.8 Å². The third-order valence-corrected chi connectivity index (χ3v) is 4.25. The van der Waals surface area contributed by atoms with Crippen LogP contribution in [-0.4, -0.2) is 24.1 Å². The van der Waals surface area contributed by atoms with Gasteiger partial charge < -0.3 is 15.2 Å². The Morgan fingerprint density at radius 2 is 1.93 bits per heavy atom. The zero-order valence-corrected chi connectivity index (χ0v) is 15.0. The lowest BCUT2D eigenvalue weighted by Gasteiger charge is -2.19. The molecule has 0 heterocycles. The molecule has 0 aliphatic carbocycles. The third-order valence-electron chi connectivity index (χ3n) is 4.25. The van der Waals surface area contributed by atoms with Crippen LogP contribution in [0, 0.1) is 17.6 Å². The van der Waals surface area contributed by atoms with Crippen LogP contribution in [0.4, 0.5) is 8.78 Å². The molecule has 0 aliphatic heterocycles. The Labute approximate surface area is 156 Å². The molecule has 7 heteroatoms. The monoisotopic (exact) mass is 377 g/mol. The van der Waals surface area contributed by atoms with E-state index >= 15 is 0 Å². The second-order valence-electron chi connectivity index (χ2n) is 6.24. The number of hydrogen-bond acceptors (Lipinski definition) is 3. The molecule has 0 fully saturated rings. The number of halogens is 2. The van der Waals surface area contributed by atoms with Crippen molar-refractivity contribution in [3.05, 3.63) is 65.2 Å². The first-order valence-electron chi connectivity index (χ1n) is 8.43. The number of rotatable bonds is 8. The molecule has 2 aromatic rings. The minimum absolute atomic E-state index is 0.0160. The van der Waals surface area contributed by atoms with Crippen molar-refractivity contribution in [2.24, 2.45) is 5.92 Å². The fraction of sp³-hybridized carbons (Fsp3) is 0.300. The van der Waals surface area contributed by atoms with Crippen LogP contribution in [0.15, 0.2) is 42.5 Å². The molecule has 2 rings (SSSR count). The zero-order chi connectivity index (χ0) is 20.0. The summed E-state index contributed by atoms with van der Waals surface area (Å²) in [5, 5.41) is 11.8. The second-order valence-corrected chi connectivity index (χ2v) is 6.24. The van der Waals surface area contributed by atoms with E-state index in [1.807, 2.05) is 0 Å². The van der Waals surface area contributed by atoms with Crippen molar-refractivity contribution in [3.63, 3.8) is 0 Å². The molecule has 2 atom stereocenters. The van der Waals surface area contributed by atoms with E-state index < -0.39 is 29.7 Å². The smallest absolute Gasteiger partial charge is 0.330 e. The number of aryl methyl sites for hydroxylation is 1. The topological polar surface area (TPSA) is 75.6 Å². The zero-order valence-electron chi connectivity index (χ0n) is 15.0. The summed E-state index contributed by atoms with van der Waals surface area (Å²) in [5.41, 5.74) is 0.855. The van der Waals surface area contributed by atoms with E-state index in [-0.39, 0.29) is 17.1 Å². The van der Waals surface area contributed by atoms with Gasteiger partial charge in [-0.25, -0.2) is 13.6 Å². The van der Waals surface area contributed by atoms with Gasteiger partial charge >= 0.3 is 5.97 Å². The fourth-order valence-electron chi connectivity index (χ4n) is 2.64. The molecule has 2 aromatic carbocycles. The van der Waals surface area contributed by atoms with Gasteiger partial charge in [-0.1, -0.05) is 25.1 Å². The van der Waals surface area contributed by atoms with Gasteiger partial charge in [-0.15, -0.1) is 0 Å². The summed E-state index contributed by atoms with van der Waals surface area (Å²) < 4.78 is 31.9. The molecule has 2 N–H and O–H groups in total. The summed E-state index contributed by atoms with van der Waals surface area (Å²) in [5.74, 6) is -3.36. The minimum atomic E-state index is -1.38. The molecule has 0 aliphatic rings. The first kappa shape index (κ1) is 20.4. The number of carboxylic acid groups (broad SMARTS) is 1. The van der Waals surface area contributed by atoms with Crippen LogP contribution in [0.2, 0.25) is 0 Å². The Balaban J connectivity index is 2.03. The molecule has 2 unspecified atom stereocenters. The largest absolute Gasteiger partial charge is 0.494 e. The van der Waals surface area contributed by atoms with E-state index in [1.165, 1.54) is 31.4 Å². The molecule has 0 spiro atoms. The molecule has 0 saturated carbocycles. The van der Waals surface area contributed by atoms with Crippen LogP contribution in [0.5, 0.6) is 5.75 Å². The third kappa shape index (κ3) is 5.51. The van der Waals surface area contributed by atoms with Crippen LogP contribution in [-0.2, 0) is 16.0 Å². The van der Waals surface area contributed by atoms with Crippen molar-refractivity contribution in [1.82, 2.24) is 5.32 Å². The fourth-order valence-corrected chi connectivity index (χ4v) is 2.64. The molecular weight excluding hydrogens is 356 g/mol. The van der Waals surface area contributed by atoms with Gasteiger partial charge in [0, 0.05) is 5.92 Å². The number of carboxylic acids is 1. The van der Waals surface area contributed by atoms with Gasteiger partial charge in [0.15, 0.2) is 17.6 Å². The number of amides is 1. The summed E-state index contributed by atoms with van der Waals surface area (Å²) in [7, 11) is 1.30. The molecule has 1 amide bonds. The molecule has 0 aromatic heterocycles. The number of methoxy groups -OCH3 is 1. The normalized spacial score (nSPS) is 12.9. The van der Waals surface area contributed by atoms with E-state index in [9.17, 15) is 23.5 Å². The number of ether oxygens (including phenoxy) is 1. The van der Waals surface area contributed by atoms with Crippen LogP contribution >= 0.6 is 0 Å². The summed E-state index contributed by atoms with van der Waals surface area (Å²) >= 11 is 0. The first-order valence-corrected chi connectivity index (χ1v) is 8.43. The summed E-state index contributed by atoms with van der Waals surface area (Å²) in [6.07, 6.45) is 0.889. The van der Waals surface area contributed by atoms with E-state index in [2.05, 4.69) is 5.32 Å². The Kier molecular flexibility index (Phi) is 6.87. The summed E-state index contributed by atoms with van der Waals surface area (Å²) in [6, 6.07) is 8.42. The van der Waals surface area contributed by atoms with Gasteiger partial charge in [-0.3, -0.25) is 4.79 Å². The van der Waals surface area contributed by atoms with E-state index in [4.69, 9.17) is 4.74 Å². The predicted octanol–water partition coefficient (Wildman–Crippen LogP) is 3.48. The SMILES string of the molecule is COc1ccc(C(NC(=O)C(C)CCc2cccc(F)c2)C(=O)O)cc1F. The lowest BCUT2D eigenvalue weighted by molar-refractivity contribution is -0.142. The summed E-state index contributed by atoms with van der Waals surface area (Å²) in [6.45, 7) is 1.65. The van der Waals surface area contributed by atoms with Crippen LogP contribution < -0.4 is 10.1 Å². The number of nitrogens with one attached hydrogen (secondary N) is 1. The number of carbonyl (C=O) groups excluding carboxylic acids is 1. The number of benzene rings is 2. The van der Waals surface area contributed by atoms with E-state index in [1.54, 1.807) is 19.1 Å². The Morgan fingerprint density at radius 1 is 1.19 bits per heavy atom. The van der Waals surface area contributed by atoms with Gasteiger partial charge in [0.25, 0.3) is 0 Å². The Bertz CT molecular complexity index is 825. The van der Waals surface area contributed by atoms with Crippen LogP contribution in [0.1, 0.15) is 30.5 Å². The maximum atomic E-state index is 13.9. The van der Waals surface area contributed by atoms with Crippen molar-refractivity contribution in [1.29, 1.82) is 0 Å². The minimum Gasteiger partial charge on any atom is -0.494 e. The van der Waals surface area contributed by atoms with E-state index in [0.29, 0.717) is 12.8 Å². The van der Waals surface area contributed by atoms with Gasteiger partial charge in [0.05, 0.1) is 7.11 Å². The maximum Gasteiger partial charge on any atom is 0.330 e. The van der Waals surface area contributed by atoms with Gasteiger partial charge in [0.1, 0.15) is 5.82 Å². The predicted molar refractivity (Wildman–Crippen MR) is 95.4 cm³/mol. The number of carbonyl (C=O) groups is 2. The number of hydrogen-bond donors (Lipinski definition) is 2. The average Bonchev–Trinajstić information content (AvgIpc) is 2.63. The highest BCUT2D eigenvalue weighted by Crippen LogP contribution is 2.23. The Hall–Kier alpha value is -2.96. The van der Waals surface area contributed by atoms with Crippen LogP contribution in [0.3, 0.4) is 0 Å². The first-order chi connectivity index (χ1) is 12.8. The van der Waals surface area contributed by atoms with E-state index in [0.717, 1.165) is 11.6 Å². The lowest BCUT2D eigenvalue weighted by atomic mass is 9.99. The van der Waals surface area contributed by atoms with Crippen molar-refractivity contribution in [3.8, 4) is 5.75 Å². The average molecular weight is 377 g/mol. The standard InChI is InChI=1S/C20H21F2NO4/c1-12(6-7-13-4-3-5-15(21)10-13)19(24)23-18(20(25)26)14-8-9-17(27-2)16(22)11-14/h3-5,8-12,18H,6-7H2,1-2H3,(H,23,24)(H,25,26). The van der Waals surface area contributed by atoms with Crippen molar-refractivity contribution in [2.75, 3.05) is 7.11 Å². The molecule has 0 radical (unpaired) electrons. The van der Waals surface area contributed by atoms with Gasteiger partial charge in [0.2, 0.25) is 5.91 Å². The highest BCUT2D eigenvalue weighted by Gasteiger charge is 2.25. The molecule has 27 heavy (non-hydrogen) atoms. The Morgan fingerprint density at radius 3 is 2.52 bits per heavy atom. The molecular formula is C20H21F2NO4.